The molecule has 1 aliphatic rings. The van der Waals surface area contributed by atoms with Crippen molar-refractivity contribution in [2.45, 2.75) is 26.8 Å². The highest BCUT2D eigenvalue weighted by atomic mass is 16.2. The molecule has 1 heterocycles. The summed E-state index contributed by atoms with van der Waals surface area (Å²) in [6, 6.07) is 15.8. The van der Waals surface area contributed by atoms with Crippen LogP contribution in [-0.4, -0.2) is 23.3 Å². The van der Waals surface area contributed by atoms with Crippen LogP contribution in [0.25, 0.3) is 0 Å². The zero-order chi connectivity index (χ0) is 17.1. The third-order valence-corrected chi connectivity index (χ3v) is 4.44. The Morgan fingerprint density at radius 1 is 1.17 bits per heavy atom. The van der Waals surface area contributed by atoms with Crippen molar-refractivity contribution >= 4 is 17.5 Å². The summed E-state index contributed by atoms with van der Waals surface area (Å²) >= 11 is 0. The van der Waals surface area contributed by atoms with Gasteiger partial charge in [0.15, 0.2) is 0 Å². The number of carbonyl (C=O) groups excluding carboxylic acids is 2. The number of benzene rings is 2. The highest BCUT2D eigenvalue weighted by molar-refractivity contribution is 5.97. The van der Waals surface area contributed by atoms with Gasteiger partial charge in [0.25, 0.3) is 0 Å². The molecule has 1 atom stereocenters. The van der Waals surface area contributed by atoms with E-state index in [4.69, 9.17) is 0 Å². The molecule has 1 N–H and O–H groups in total. The van der Waals surface area contributed by atoms with Gasteiger partial charge in [-0.25, -0.2) is 0 Å². The van der Waals surface area contributed by atoms with Crippen LogP contribution < -0.4 is 5.32 Å². The molecule has 0 spiro atoms. The smallest absolute Gasteiger partial charge is 0.229 e. The predicted molar refractivity (Wildman–Crippen MR) is 94.5 cm³/mol. The van der Waals surface area contributed by atoms with Crippen LogP contribution in [0.4, 0.5) is 5.69 Å². The molecule has 0 bridgehead atoms. The lowest BCUT2D eigenvalue weighted by molar-refractivity contribution is -0.128. The van der Waals surface area contributed by atoms with Crippen LogP contribution in [0.5, 0.6) is 0 Å². The largest absolute Gasteiger partial charge is 0.338 e. The van der Waals surface area contributed by atoms with Crippen molar-refractivity contribution in [1.82, 2.24) is 4.90 Å². The molecule has 4 heteroatoms. The molecular formula is C20H22N2O2. The average Bonchev–Trinajstić information content (AvgIpc) is 2.92. The number of likely N-dealkylation sites (tertiary alicyclic amines) is 1. The quantitative estimate of drug-likeness (QED) is 0.939. The zero-order valence-electron chi connectivity index (χ0n) is 14.1. The van der Waals surface area contributed by atoms with Crippen LogP contribution in [0, 0.1) is 19.8 Å². The molecule has 4 nitrogen and oxygen atoms in total. The minimum Gasteiger partial charge on any atom is -0.338 e. The number of nitrogens with zero attached hydrogens (tertiary/aromatic N) is 1. The first-order valence-corrected chi connectivity index (χ1v) is 8.23. The Bertz CT molecular complexity index is 755. The summed E-state index contributed by atoms with van der Waals surface area (Å²) in [5, 5.41) is 2.97. The molecule has 2 aromatic rings. The van der Waals surface area contributed by atoms with Gasteiger partial charge in [-0.2, -0.15) is 0 Å². The van der Waals surface area contributed by atoms with E-state index < -0.39 is 0 Å². The molecule has 124 valence electrons. The molecular weight excluding hydrogens is 300 g/mol. The van der Waals surface area contributed by atoms with Crippen molar-refractivity contribution in [1.29, 1.82) is 0 Å². The van der Waals surface area contributed by atoms with E-state index in [9.17, 15) is 9.59 Å². The number of anilines is 1. The number of amides is 2. The first-order chi connectivity index (χ1) is 11.5. The summed E-state index contributed by atoms with van der Waals surface area (Å²) < 4.78 is 0. The fraction of sp³-hybridized carbons (Fsp3) is 0.300. The van der Waals surface area contributed by atoms with Crippen LogP contribution in [0.15, 0.2) is 48.5 Å². The number of carbonyl (C=O) groups is 2. The first kappa shape index (κ1) is 16.2. The zero-order valence-corrected chi connectivity index (χ0v) is 14.1. The molecule has 1 fully saturated rings. The van der Waals surface area contributed by atoms with Gasteiger partial charge in [0.05, 0.1) is 5.92 Å². The second-order valence-corrected chi connectivity index (χ2v) is 6.47. The summed E-state index contributed by atoms with van der Waals surface area (Å²) in [5.41, 5.74) is 4.10. The lowest BCUT2D eigenvalue weighted by Gasteiger charge is -2.17. The van der Waals surface area contributed by atoms with E-state index >= 15 is 0 Å². The monoisotopic (exact) mass is 322 g/mol. The summed E-state index contributed by atoms with van der Waals surface area (Å²) in [6.07, 6.45) is 0.281. The second kappa shape index (κ2) is 6.87. The molecule has 0 saturated carbocycles. The normalized spacial score (nSPS) is 17.2. The molecule has 2 aromatic carbocycles. The molecule has 0 radical (unpaired) electrons. The Balaban J connectivity index is 1.63. The van der Waals surface area contributed by atoms with Gasteiger partial charge in [-0.15, -0.1) is 0 Å². The number of nitrogens with one attached hydrogen (secondary N) is 1. The van der Waals surface area contributed by atoms with Gasteiger partial charge in [0.2, 0.25) is 11.8 Å². The van der Waals surface area contributed by atoms with Crippen molar-refractivity contribution in [3.63, 3.8) is 0 Å². The van der Waals surface area contributed by atoms with Crippen molar-refractivity contribution in [2.24, 2.45) is 5.92 Å². The molecule has 1 aliphatic heterocycles. The number of aryl methyl sites for hydroxylation is 2. The minimum atomic E-state index is -0.290. The van der Waals surface area contributed by atoms with E-state index in [-0.39, 0.29) is 24.2 Å². The number of hydrogen-bond donors (Lipinski definition) is 1. The Labute approximate surface area is 142 Å². The minimum absolute atomic E-state index is 0.0413. The molecule has 1 unspecified atom stereocenters. The Morgan fingerprint density at radius 3 is 2.62 bits per heavy atom. The fourth-order valence-electron chi connectivity index (χ4n) is 3.09. The highest BCUT2D eigenvalue weighted by Gasteiger charge is 2.34. The highest BCUT2D eigenvalue weighted by Crippen LogP contribution is 2.23. The average molecular weight is 322 g/mol. The van der Waals surface area contributed by atoms with Gasteiger partial charge < -0.3 is 10.2 Å². The van der Waals surface area contributed by atoms with Crippen molar-refractivity contribution in [2.75, 3.05) is 11.9 Å². The summed E-state index contributed by atoms with van der Waals surface area (Å²) in [6.45, 7) is 5.04. The molecule has 2 amide bonds. The van der Waals surface area contributed by atoms with Crippen molar-refractivity contribution in [3.05, 3.63) is 65.2 Å². The third-order valence-electron chi connectivity index (χ3n) is 4.44. The first-order valence-electron chi connectivity index (χ1n) is 8.23. The van der Waals surface area contributed by atoms with Crippen molar-refractivity contribution < 1.29 is 9.59 Å². The van der Waals surface area contributed by atoms with Gasteiger partial charge in [-0.05, 0) is 31.0 Å². The van der Waals surface area contributed by atoms with Gasteiger partial charge in [-0.1, -0.05) is 48.0 Å². The molecule has 0 aliphatic carbocycles. The van der Waals surface area contributed by atoms with Gasteiger partial charge in [0, 0.05) is 25.2 Å². The maximum Gasteiger partial charge on any atom is 0.229 e. The Hall–Kier alpha value is -2.62. The van der Waals surface area contributed by atoms with E-state index in [2.05, 4.69) is 5.32 Å². The van der Waals surface area contributed by atoms with Crippen LogP contribution in [0.1, 0.15) is 23.1 Å². The summed E-state index contributed by atoms with van der Waals surface area (Å²) in [7, 11) is 0. The SMILES string of the molecule is Cc1ccc(NC(=O)C2CC(=O)N(Cc3ccccc3)C2)c(C)c1. The van der Waals surface area contributed by atoms with E-state index in [0.717, 1.165) is 22.4 Å². The van der Waals surface area contributed by atoms with Crippen LogP contribution in [0.3, 0.4) is 0 Å². The maximum absolute atomic E-state index is 12.5. The molecule has 1 saturated heterocycles. The van der Waals surface area contributed by atoms with Gasteiger partial charge in [0.1, 0.15) is 0 Å². The standard InChI is InChI=1S/C20H22N2O2/c1-14-8-9-18(15(2)10-14)21-20(24)17-11-19(23)22(13-17)12-16-6-4-3-5-7-16/h3-10,17H,11-13H2,1-2H3,(H,21,24). The lowest BCUT2D eigenvalue weighted by atomic mass is 10.1. The number of rotatable bonds is 4. The van der Waals surface area contributed by atoms with Gasteiger partial charge in [-0.3, -0.25) is 9.59 Å². The fourth-order valence-corrected chi connectivity index (χ4v) is 3.09. The lowest BCUT2D eigenvalue weighted by Crippen LogP contribution is -2.28. The number of hydrogen-bond acceptors (Lipinski definition) is 2. The Kier molecular flexibility index (Phi) is 4.65. The third kappa shape index (κ3) is 3.65. The van der Waals surface area contributed by atoms with E-state index in [1.165, 1.54) is 0 Å². The molecule has 24 heavy (non-hydrogen) atoms. The Morgan fingerprint density at radius 2 is 1.92 bits per heavy atom. The van der Waals surface area contributed by atoms with Crippen LogP contribution >= 0.6 is 0 Å². The maximum atomic E-state index is 12.5. The van der Waals surface area contributed by atoms with E-state index in [1.807, 2.05) is 62.4 Å². The predicted octanol–water partition coefficient (Wildman–Crippen LogP) is 3.29. The molecule has 0 aromatic heterocycles. The summed E-state index contributed by atoms with van der Waals surface area (Å²) in [5.74, 6) is -0.326. The molecule has 3 rings (SSSR count). The van der Waals surface area contributed by atoms with Crippen LogP contribution in [-0.2, 0) is 16.1 Å². The van der Waals surface area contributed by atoms with Gasteiger partial charge >= 0.3 is 0 Å². The van der Waals surface area contributed by atoms with E-state index in [1.54, 1.807) is 4.90 Å². The topological polar surface area (TPSA) is 49.4 Å². The van der Waals surface area contributed by atoms with E-state index in [0.29, 0.717) is 13.1 Å². The van der Waals surface area contributed by atoms with Crippen molar-refractivity contribution in [3.8, 4) is 0 Å². The van der Waals surface area contributed by atoms with Crippen LogP contribution in [0.2, 0.25) is 0 Å². The second-order valence-electron chi connectivity index (χ2n) is 6.47. The summed E-state index contributed by atoms with van der Waals surface area (Å²) in [4.78, 5) is 26.5.